The summed E-state index contributed by atoms with van der Waals surface area (Å²) in [7, 11) is 0. The lowest BCUT2D eigenvalue weighted by molar-refractivity contribution is -0.136. The third-order valence-electron chi connectivity index (χ3n) is 5.12. The SMILES string of the molecule is Cc1cc(C(F)(F)F)c2c([C@H]3CCCN(Cc4ccc(F)cc4)C3)noc2n1. The van der Waals surface area contributed by atoms with Crippen LogP contribution in [0.4, 0.5) is 17.6 Å². The summed E-state index contributed by atoms with van der Waals surface area (Å²) in [6.07, 6.45) is -2.94. The maximum absolute atomic E-state index is 13.6. The first-order valence-electron chi connectivity index (χ1n) is 9.12. The summed E-state index contributed by atoms with van der Waals surface area (Å²) in [5.41, 5.74) is 0.697. The van der Waals surface area contributed by atoms with E-state index in [9.17, 15) is 17.6 Å². The molecule has 2 aromatic heterocycles. The lowest BCUT2D eigenvalue weighted by Crippen LogP contribution is -2.34. The van der Waals surface area contributed by atoms with E-state index in [-0.39, 0.29) is 28.5 Å². The zero-order chi connectivity index (χ0) is 19.9. The van der Waals surface area contributed by atoms with E-state index >= 15 is 0 Å². The number of aromatic nitrogens is 2. The van der Waals surface area contributed by atoms with Gasteiger partial charge in [-0.2, -0.15) is 13.2 Å². The van der Waals surface area contributed by atoms with E-state index in [4.69, 9.17) is 4.52 Å². The number of hydrogen-bond donors (Lipinski definition) is 0. The van der Waals surface area contributed by atoms with Crippen LogP contribution >= 0.6 is 0 Å². The summed E-state index contributed by atoms with van der Waals surface area (Å²) in [6.45, 7) is 3.50. The fourth-order valence-corrected chi connectivity index (χ4v) is 3.87. The van der Waals surface area contributed by atoms with Gasteiger partial charge in [0.15, 0.2) is 0 Å². The van der Waals surface area contributed by atoms with E-state index in [1.807, 2.05) is 0 Å². The van der Waals surface area contributed by atoms with Gasteiger partial charge < -0.3 is 4.52 Å². The van der Waals surface area contributed by atoms with Crippen LogP contribution in [0.5, 0.6) is 0 Å². The van der Waals surface area contributed by atoms with Crippen molar-refractivity contribution in [1.29, 1.82) is 0 Å². The number of piperidine rings is 1. The molecule has 0 spiro atoms. The summed E-state index contributed by atoms with van der Waals surface area (Å²) < 4.78 is 59.0. The van der Waals surface area contributed by atoms with Crippen LogP contribution in [0.2, 0.25) is 0 Å². The number of benzene rings is 1. The van der Waals surface area contributed by atoms with Crippen LogP contribution in [0.3, 0.4) is 0 Å². The normalized spacial score (nSPS) is 18.7. The van der Waals surface area contributed by atoms with Crippen LogP contribution in [0.15, 0.2) is 34.9 Å². The van der Waals surface area contributed by atoms with Crippen molar-refractivity contribution in [2.45, 2.75) is 38.4 Å². The molecule has 1 saturated heterocycles. The number of rotatable bonds is 3. The molecule has 1 atom stereocenters. The smallest absolute Gasteiger partial charge is 0.336 e. The highest BCUT2D eigenvalue weighted by Crippen LogP contribution is 2.40. The lowest BCUT2D eigenvalue weighted by Gasteiger charge is -2.32. The number of hydrogen-bond acceptors (Lipinski definition) is 4. The van der Waals surface area contributed by atoms with Crippen molar-refractivity contribution in [2.75, 3.05) is 13.1 Å². The Morgan fingerprint density at radius 1 is 1.21 bits per heavy atom. The summed E-state index contributed by atoms with van der Waals surface area (Å²) in [5.74, 6) is -0.474. The van der Waals surface area contributed by atoms with Gasteiger partial charge in [0, 0.05) is 24.7 Å². The van der Waals surface area contributed by atoms with E-state index in [2.05, 4.69) is 15.0 Å². The number of alkyl halides is 3. The number of pyridine rings is 1. The van der Waals surface area contributed by atoms with Crippen molar-refractivity contribution >= 4 is 11.1 Å². The third-order valence-corrected chi connectivity index (χ3v) is 5.12. The second-order valence-electron chi connectivity index (χ2n) is 7.26. The molecule has 0 bridgehead atoms. The van der Waals surface area contributed by atoms with Gasteiger partial charge >= 0.3 is 6.18 Å². The Kier molecular flexibility index (Phi) is 4.82. The molecular weight excluding hydrogens is 374 g/mol. The van der Waals surface area contributed by atoms with Gasteiger partial charge in [0.1, 0.15) is 5.82 Å². The minimum atomic E-state index is -4.51. The zero-order valence-corrected chi connectivity index (χ0v) is 15.3. The van der Waals surface area contributed by atoms with Gasteiger partial charge in [-0.25, -0.2) is 9.37 Å². The molecule has 0 saturated carbocycles. The summed E-state index contributed by atoms with van der Waals surface area (Å²) >= 11 is 0. The Bertz CT molecular complexity index is 982. The summed E-state index contributed by atoms with van der Waals surface area (Å²) in [5, 5.41) is 3.94. The molecule has 0 radical (unpaired) electrons. The molecular formula is C20H19F4N3O. The zero-order valence-electron chi connectivity index (χ0n) is 15.3. The van der Waals surface area contributed by atoms with E-state index in [0.717, 1.165) is 31.0 Å². The average Bonchev–Trinajstić information content (AvgIpc) is 3.06. The highest BCUT2D eigenvalue weighted by molar-refractivity contribution is 5.81. The van der Waals surface area contributed by atoms with Gasteiger partial charge in [-0.1, -0.05) is 17.3 Å². The quantitative estimate of drug-likeness (QED) is 0.583. The van der Waals surface area contributed by atoms with Crippen molar-refractivity contribution in [3.05, 3.63) is 58.7 Å². The van der Waals surface area contributed by atoms with Crippen molar-refractivity contribution < 1.29 is 22.1 Å². The van der Waals surface area contributed by atoms with Crippen molar-refractivity contribution in [2.24, 2.45) is 0 Å². The summed E-state index contributed by atoms with van der Waals surface area (Å²) in [4.78, 5) is 6.23. The Morgan fingerprint density at radius 3 is 2.68 bits per heavy atom. The maximum atomic E-state index is 13.6. The fourth-order valence-electron chi connectivity index (χ4n) is 3.87. The van der Waals surface area contributed by atoms with Crippen LogP contribution in [-0.4, -0.2) is 28.1 Å². The fraction of sp³-hybridized carbons (Fsp3) is 0.400. The molecule has 0 aliphatic carbocycles. The molecule has 3 aromatic rings. The van der Waals surface area contributed by atoms with Gasteiger partial charge in [-0.05, 0) is 50.1 Å². The van der Waals surface area contributed by atoms with Crippen molar-refractivity contribution in [3.63, 3.8) is 0 Å². The second kappa shape index (κ2) is 7.16. The van der Waals surface area contributed by atoms with E-state index in [0.29, 0.717) is 18.8 Å². The number of nitrogens with zero attached hydrogens (tertiary/aromatic N) is 3. The standard InChI is InChI=1S/C20H19F4N3O/c1-12-9-16(20(22,23)24)17-18(26-28-19(17)25-12)14-3-2-8-27(11-14)10-13-4-6-15(21)7-5-13/h4-7,9,14H,2-3,8,10-11H2,1H3/t14-/m0/s1. The molecule has 3 heterocycles. The average molecular weight is 393 g/mol. The van der Waals surface area contributed by atoms with Crippen LogP contribution in [0.25, 0.3) is 11.1 Å². The minimum Gasteiger partial charge on any atom is -0.336 e. The van der Waals surface area contributed by atoms with Crippen LogP contribution in [0.1, 0.15) is 41.3 Å². The third kappa shape index (κ3) is 3.73. The topological polar surface area (TPSA) is 42.2 Å². The highest BCUT2D eigenvalue weighted by atomic mass is 19.4. The molecule has 1 aliphatic rings. The first kappa shape index (κ1) is 18.9. The van der Waals surface area contributed by atoms with Crippen molar-refractivity contribution in [3.8, 4) is 0 Å². The largest absolute Gasteiger partial charge is 0.417 e. The first-order chi connectivity index (χ1) is 13.3. The van der Waals surface area contributed by atoms with Gasteiger partial charge in [0.25, 0.3) is 5.71 Å². The Balaban J connectivity index is 1.63. The van der Waals surface area contributed by atoms with E-state index < -0.39 is 11.7 Å². The van der Waals surface area contributed by atoms with Gasteiger partial charge in [0.2, 0.25) is 0 Å². The molecule has 0 unspecified atom stereocenters. The molecule has 4 nitrogen and oxygen atoms in total. The predicted molar refractivity (Wildman–Crippen MR) is 95.2 cm³/mol. The lowest BCUT2D eigenvalue weighted by atomic mass is 9.91. The van der Waals surface area contributed by atoms with Crippen LogP contribution in [-0.2, 0) is 12.7 Å². The molecule has 0 N–H and O–H groups in total. The van der Waals surface area contributed by atoms with Gasteiger partial charge in [0.05, 0.1) is 16.6 Å². The van der Waals surface area contributed by atoms with E-state index in [1.54, 1.807) is 12.1 Å². The number of likely N-dealkylation sites (tertiary alicyclic amines) is 1. The van der Waals surface area contributed by atoms with Gasteiger partial charge in [-0.3, -0.25) is 4.90 Å². The highest BCUT2D eigenvalue weighted by Gasteiger charge is 2.37. The van der Waals surface area contributed by atoms with E-state index in [1.165, 1.54) is 19.1 Å². The maximum Gasteiger partial charge on any atom is 0.417 e. The van der Waals surface area contributed by atoms with Crippen molar-refractivity contribution in [1.82, 2.24) is 15.0 Å². The Morgan fingerprint density at radius 2 is 1.96 bits per heavy atom. The second-order valence-corrected chi connectivity index (χ2v) is 7.26. The summed E-state index contributed by atoms with van der Waals surface area (Å²) in [6, 6.07) is 7.30. The molecule has 1 aliphatic heterocycles. The molecule has 28 heavy (non-hydrogen) atoms. The number of aryl methyl sites for hydroxylation is 1. The number of halogens is 4. The number of fused-ring (bicyclic) bond motifs is 1. The van der Waals surface area contributed by atoms with Crippen LogP contribution in [0, 0.1) is 12.7 Å². The molecule has 4 rings (SSSR count). The van der Waals surface area contributed by atoms with Gasteiger partial charge in [-0.15, -0.1) is 0 Å². The Labute approximate surface area is 159 Å². The molecule has 1 fully saturated rings. The first-order valence-corrected chi connectivity index (χ1v) is 9.12. The Hall–Kier alpha value is -2.48. The van der Waals surface area contributed by atoms with Crippen LogP contribution < -0.4 is 0 Å². The molecule has 8 heteroatoms. The molecule has 0 amide bonds. The predicted octanol–water partition coefficient (Wildman–Crippen LogP) is 5.07. The minimum absolute atomic E-state index is 0.0354. The molecule has 148 valence electrons. The molecule has 1 aromatic carbocycles. The monoisotopic (exact) mass is 393 g/mol.